The van der Waals surface area contributed by atoms with Gasteiger partial charge < -0.3 is 10.6 Å². The van der Waals surface area contributed by atoms with Gasteiger partial charge in [0.25, 0.3) is 0 Å². The Hall–Kier alpha value is -0.680. The summed E-state index contributed by atoms with van der Waals surface area (Å²) in [6.45, 7) is 3.99. The number of hydrogen-bond acceptors (Lipinski definition) is 3. The van der Waals surface area contributed by atoms with Crippen molar-refractivity contribution < 1.29 is 4.79 Å². The van der Waals surface area contributed by atoms with E-state index in [4.69, 9.17) is 5.73 Å². The van der Waals surface area contributed by atoms with Crippen LogP contribution in [0.3, 0.4) is 0 Å². The van der Waals surface area contributed by atoms with Gasteiger partial charge in [0, 0.05) is 28.1 Å². The molecule has 0 spiro atoms. The fraction of sp³-hybridized carbons (Fsp3) is 0.417. The van der Waals surface area contributed by atoms with Crippen LogP contribution in [0.15, 0.2) is 27.6 Å². The van der Waals surface area contributed by atoms with Crippen LogP contribution in [-0.2, 0) is 4.79 Å². The third kappa shape index (κ3) is 4.24. The lowest BCUT2D eigenvalue weighted by molar-refractivity contribution is -0.128. The normalized spacial score (nSPS) is 10.6. The molecule has 17 heavy (non-hydrogen) atoms. The largest absolute Gasteiger partial charge is 0.398 e. The molecular formula is C12H17BrN2OS. The molecule has 0 heterocycles. The van der Waals surface area contributed by atoms with Crippen LogP contribution in [0.4, 0.5) is 5.69 Å². The van der Waals surface area contributed by atoms with Gasteiger partial charge in [0.2, 0.25) is 5.91 Å². The van der Waals surface area contributed by atoms with Gasteiger partial charge in [0.1, 0.15) is 0 Å². The maximum atomic E-state index is 11.8. The van der Waals surface area contributed by atoms with Crippen LogP contribution in [-0.4, -0.2) is 29.6 Å². The Kier molecular flexibility index (Phi) is 5.33. The Morgan fingerprint density at radius 2 is 2.18 bits per heavy atom. The molecule has 0 aliphatic rings. The number of nitrogen functional groups attached to an aromatic ring is 1. The van der Waals surface area contributed by atoms with Gasteiger partial charge in [-0.1, -0.05) is 15.9 Å². The number of carbonyl (C=O) groups excluding carboxylic acids is 1. The van der Waals surface area contributed by atoms with Crippen molar-refractivity contribution in [2.24, 2.45) is 0 Å². The number of rotatable bonds is 4. The first-order chi connectivity index (χ1) is 7.91. The number of nitrogens with two attached hydrogens (primary N) is 1. The first-order valence-electron chi connectivity index (χ1n) is 5.35. The summed E-state index contributed by atoms with van der Waals surface area (Å²) in [5, 5.41) is 0. The van der Waals surface area contributed by atoms with Crippen LogP contribution in [0.1, 0.15) is 13.8 Å². The van der Waals surface area contributed by atoms with Crippen LogP contribution in [0.5, 0.6) is 0 Å². The van der Waals surface area contributed by atoms with Gasteiger partial charge in [0.05, 0.1) is 5.75 Å². The van der Waals surface area contributed by atoms with Crippen LogP contribution in [0, 0.1) is 0 Å². The second-order valence-electron chi connectivity index (χ2n) is 4.07. The molecule has 1 aromatic rings. The zero-order valence-electron chi connectivity index (χ0n) is 10.2. The second kappa shape index (κ2) is 6.31. The van der Waals surface area contributed by atoms with Crippen LogP contribution >= 0.6 is 27.7 Å². The molecule has 0 aliphatic carbocycles. The number of anilines is 1. The number of thioether (sulfide) groups is 1. The molecule has 1 amide bonds. The van der Waals surface area contributed by atoms with Crippen molar-refractivity contribution >= 4 is 39.3 Å². The van der Waals surface area contributed by atoms with Gasteiger partial charge in [-0.2, -0.15) is 0 Å². The van der Waals surface area contributed by atoms with E-state index >= 15 is 0 Å². The molecule has 0 unspecified atom stereocenters. The summed E-state index contributed by atoms with van der Waals surface area (Å²) < 4.78 is 0.971. The highest BCUT2D eigenvalue weighted by atomic mass is 79.9. The molecule has 0 saturated carbocycles. The first kappa shape index (κ1) is 14.4. The molecule has 0 aromatic heterocycles. The lowest BCUT2D eigenvalue weighted by Gasteiger charge is -2.21. The Bertz CT molecular complexity index is 409. The maximum absolute atomic E-state index is 11.8. The number of hydrogen-bond donors (Lipinski definition) is 1. The standard InChI is InChI=1S/C12H17BrN2OS/c1-8(2)15(3)12(16)7-17-11-6-9(13)4-5-10(11)14/h4-6,8H,7,14H2,1-3H3. The van der Waals surface area contributed by atoms with Crippen LogP contribution in [0.25, 0.3) is 0 Å². The minimum atomic E-state index is 0.115. The Labute approximate surface area is 115 Å². The van der Waals surface area contributed by atoms with Crippen molar-refractivity contribution in [1.82, 2.24) is 4.90 Å². The average molecular weight is 317 g/mol. The van der Waals surface area contributed by atoms with E-state index in [0.29, 0.717) is 11.4 Å². The van der Waals surface area contributed by atoms with E-state index in [9.17, 15) is 4.79 Å². The third-order valence-electron chi connectivity index (χ3n) is 2.49. The third-order valence-corrected chi connectivity index (χ3v) is 4.04. The lowest BCUT2D eigenvalue weighted by atomic mass is 10.3. The Balaban J connectivity index is 2.61. The van der Waals surface area contributed by atoms with E-state index in [2.05, 4.69) is 15.9 Å². The fourth-order valence-corrected chi connectivity index (χ4v) is 2.60. The summed E-state index contributed by atoms with van der Waals surface area (Å²) in [4.78, 5) is 14.5. The van der Waals surface area contributed by atoms with Gasteiger partial charge in [-0.15, -0.1) is 11.8 Å². The van der Waals surface area contributed by atoms with Crippen LogP contribution < -0.4 is 5.73 Å². The number of halogens is 1. The summed E-state index contributed by atoms with van der Waals surface area (Å²) in [6.07, 6.45) is 0. The van der Waals surface area contributed by atoms with Crippen molar-refractivity contribution in [3.63, 3.8) is 0 Å². The molecule has 0 radical (unpaired) electrons. The quantitative estimate of drug-likeness (QED) is 0.686. The summed E-state index contributed by atoms with van der Waals surface area (Å²) >= 11 is 4.86. The van der Waals surface area contributed by atoms with Crippen molar-refractivity contribution in [3.8, 4) is 0 Å². The Morgan fingerprint density at radius 3 is 2.76 bits per heavy atom. The molecule has 0 fully saturated rings. The monoisotopic (exact) mass is 316 g/mol. The van der Waals surface area contributed by atoms with Crippen molar-refractivity contribution in [2.45, 2.75) is 24.8 Å². The van der Waals surface area contributed by atoms with E-state index in [1.165, 1.54) is 11.8 Å². The highest BCUT2D eigenvalue weighted by Gasteiger charge is 2.12. The molecule has 0 atom stereocenters. The van der Waals surface area contributed by atoms with Crippen molar-refractivity contribution in [1.29, 1.82) is 0 Å². The predicted molar refractivity (Wildman–Crippen MR) is 77.2 cm³/mol. The van der Waals surface area contributed by atoms with E-state index in [1.807, 2.05) is 39.1 Å². The van der Waals surface area contributed by atoms with Crippen LogP contribution in [0.2, 0.25) is 0 Å². The van der Waals surface area contributed by atoms with E-state index < -0.39 is 0 Å². The van der Waals surface area contributed by atoms with E-state index in [1.54, 1.807) is 4.90 Å². The summed E-state index contributed by atoms with van der Waals surface area (Å²) in [7, 11) is 1.82. The number of benzene rings is 1. The summed E-state index contributed by atoms with van der Waals surface area (Å²) in [5.74, 6) is 0.527. The van der Waals surface area contributed by atoms with Gasteiger partial charge in [-0.3, -0.25) is 4.79 Å². The van der Waals surface area contributed by atoms with Gasteiger partial charge in [-0.25, -0.2) is 0 Å². The predicted octanol–water partition coefficient (Wildman–Crippen LogP) is 2.99. The zero-order valence-corrected chi connectivity index (χ0v) is 12.6. The maximum Gasteiger partial charge on any atom is 0.232 e. The molecule has 94 valence electrons. The fourth-order valence-electron chi connectivity index (χ4n) is 1.16. The molecule has 1 aromatic carbocycles. The molecule has 0 aliphatic heterocycles. The molecule has 0 bridgehead atoms. The molecular weight excluding hydrogens is 300 g/mol. The molecule has 3 nitrogen and oxygen atoms in total. The Morgan fingerprint density at radius 1 is 1.53 bits per heavy atom. The minimum Gasteiger partial charge on any atom is -0.398 e. The van der Waals surface area contributed by atoms with E-state index in [-0.39, 0.29) is 11.9 Å². The van der Waals surface area contributed by atoms with Crippen molar-refractivity contribution in [2.75, 3.05) is 18.5 Å². The average Bonchev–Trinajstić information content (AvgIpc) is 2.28. The minimum absolute atomic E-state index is 0.115. The highest BCUT2D eigenvalue weighted by molar-refractivity contribution is 9.10. The van der Waals surface area contributed by atoms with Gasteiger partial charge in [-0.05, 0) is 32.0 Å². The topological polar surface area (TPSA) is 46.3 Å². The molecule has 5 heteroatoms. The van der Waals surface area contributed by atoms with Crippen molar-refractivity contribution in [3.05, 3.63) is 22.7 Å². The summed E-state index contributed by atoms with van der Waals surface area (Å²) in [5.41, 5.74) is 6.55. The second-order valence-corrected chi connectivity index (χ2v) is 6.00. The number of nitrogens with zero attached hydrogens (tertiary/aromatic N) is 1. The smallest absolute Gasteiger partial charge is 0.232 e. The molecule has 2 N–H and O–H groups in total. The summed E-state index contributed by atoms with van der Waals surface area (Å²) in [6, 6.07) is 5.88. The zero-order chi connectivity index (χ0) is 13.0. The van der Waals surface area contributed by atoms with E-state index in [0.717, 1.165) is 9.37 Å². The molecule has 1 rings (SSSR count). The first-order valence-corrected chi connectivity index (χ1v) is 7.13. The number of amides is 1. The number of carbonyl (C=O) groups is 1. The SMILES string of the molecule is CC(C)N(C)C(=O)CSc1cc(Br)ccc1N. The van der Waals surface area contributed by atoms with Gasteiger partial charge in [0.15, 0.2) is 0 Å². The highest BCUT2D eigenvalue weighted by Crippen LogP contribution is 2.28. The lowest BCUT2D eigenvalue weighted by Crippen LogP contribution is -2.34. The molecule has 0 saturated heterocycles. The van der Waals surface area contributed by atoms with Gasteiger partial charge >= 0.3 is 0 Å².